The standard InChI is InChI=1S/C32H36N6O7S/c1-5-7-25-29-30(36(3)35-25)32(41)34-31(33-29)24-20-23(12-14-27(24)45-6-2)46(42,43)38-18-16-37(17-19-38)28(40)15-13-26(39)21-8-10-22(44-4)11-9-21/h8-15,20H,5-7,16-19H2,1-4H3,(H,33,34,41)/b15-13+. The van der Waals surface area contributed by atoms with Crippen molar-refractivity contribution in [3.05, 3.63) is 76.2 Å². The fourth-order valence-corrected chi connectivity index (χ4v) is 6.77. The SMILES string of the molecule is CCCc1nn(C)c2c(=O)[nH]c(-c3cc(S(=O)(=O)N4CCN(C(=O)/C=C/C(=O)c5ccc(OC)cc5)CC4)ccc3OCC)nc12. The molecule has 242 valence electrons. The Morgan fingerprint density at radius 2 is 1.74 bits per heavy atom. The molecule has 2 aromatic heterocycles. The van der Waals surface area contributed by atoms with Gasteiger partial charge in [0.1, 0.15) is 22.8 Å². The number of hydrogen-bond donors (Lipinski definition) is 1. The molecule has 1 amide bonds. The third-order valence-corrected chi connectivity index (χ3v) is 9.59. The van der Waals surface area contributed by atoms with Crippen molar-refractivity contribution in [1.82, 2.24) is 29.0 Å². The van der Waals surface area contributed by atoms with Crippen molar-refractivity contribution in [2.75, 3.05) is 39.9 Å². The fourth-order valence-electron chi connectivity index (χ4n) is 5.32. The summed E-state index contributed by atoms with van der Waals surface area (Å²) in [6.07, 6.45) is 3.85. The lowest BCUT2D eigenvalue weighted by Crippen LogP contribution is -2.50. The van der Waals surface area contributed by atoms with E-state index in [0.29, 0.717) is 52.4 Å². The first-order valence-electron chi connectivity index (χ1n) is 15.0. The molecule has 0 bridgehead atoms. The molecule has 2 aromatic carbocycles. The molecule has 13 nitrogen and oxygen atoms in total. The van der Waals surface area contributed by atoms with Crippen molar-refractivity contribution in [2.24, 2.45) is 7.05 Å². The molecule has 1 N–H and O–H groups in total. The monoisotopic (exact) mass is 648 g/mol. The molecule has 0 saturated carbocycles. The van der Waals surface area contributed by atoms with Crippen molar-refractivity contribution in [2.45, 2.75) is 31.6 Å². The van der Waals surface area contributed by atoms with Gasteiger partial charge < -0.3 is 19.4 Å². The maximum Gasteiger partial charge on any atom is 0.277 e. The predicted octanol–water partition coefficient (Wildman–Crippen LogP) is 2.96. The second-order valence-corrected chi connectivity index (χ2v) is 12.6. The van der Waals surface area contributed by atoms with E-state index >= 15 is 0 Å². The molecule has 3 heterocycles. The zero-order valence-corrected chi connectivity index (χ0v) is 27.0. The molecule has 1 saturated heterocycles. The quantitative estimate of drug-likeness (QED) is 0.191. The Hall–Kier alpha value is -4.82. The lowest BCUT2D eigenvalue weighted by atomic mass is 10.1. The first-order chi connectivity index (χ1) is 22.1. The van der Waals surface area contributed by atoms with Crippen LogP contribution in [0.2, 0.25) is 0 Å². The summed E-state index contributed by atoms with van der Waals surface area (Å²) in [5.74, 6) is 0.449. The molecular weight excluding hydrogens is 612 g/mol. The van der Waals surface area contributed by atoms with Crippen molar-refractivity contribution in [3.8, 4) is 22.9 Å². The number of carbonyl (C=O) groups is 2. The molecule has 5 rings (SSSR count). The molecule has 0 spiro atoms. The van der Waals surface area contributed by atoms with E-state index in [1.807, 2.05) is 6.92 Å². The number of ether oxygens (including phenoxy) is 2. The van der Waals surface area contributed by atoms with Crippen LogP contribution in [0.15, 0.2) is 64.3 Å². The van der Waals surface area contributed by atoms with Gasteiger partial charge in [-0.1, -0.05) is 13.3 Å². The van der Waals surface area contributed by atoms with Crippen LogP contribution in [0.1, 0.15) is 36.3 Å². The fraction of sp³-hybridized carbons (Fsp3) is 0.344. The number of nitrogens with zero attached hydrogens (tertiary/aromatic N) is 5. The normalized spacial score (nSPS) is 14.2. The number of rotatable bonds is 11. The van der Waals surface area contributed by atoms with Crippen molar-refractivity contribution >= 4 is 32.7 Å². The van der Waals surface area contributed by atoms with E-state index in [9.17, 15) is 22.8 Å². The van der Waals surface area contributed by atoms with E-state index in [-0.39, 0.29) is 48.6 Å². The van der Waals surface area contributed by atoms with Gasteiger partial charge in [0, 0.05) is 44.9 Å². The second kappa shape index (κ2) is 13.7. The van der Waals surface area contributed by atoms with Crippen LogP contribution in [0, 0.1) is 0 Å². The van der Waals surface area contributed by atoms with Crippen molar-refractivity contribution in [3.63, 3.8) is 0 Å². The Balaban J connectivity index is 1.34. The Kier molecular flexibility index (Phi) is 9.68. The van der Waals surface area contributed by atoms with Gasteiger partial charge in [0.15, 0.2) is 11.3 Å². The molecular formula is C32H36N6O7S. The highest BCUT2D eigenvalue weighted by Gasteiger charge is 2.31. The molecule has 14 heteroatoms. The zero-order chi connectivity index (χ0) is 33.0. The highest BCUT2D eigenvalue weighted by molar-refractivity contribution is 7.89. The third-order valence-electron chi connectivity index (χ3n) is 7.70. The third kappa shape index (κ3) is 6.58. The number of ketones is 1. The lowest BCUT2D eigenvalue weighted by molar-refractivity contribution is -0.127. The molecule has 0 unspecified atom stereocenters. The molecule has 0 aliphatic carbocycles. The minimum absolute atomic E-state index is 0.00146. The topological polar surface area (TPSA) is 157 Å². The maximum atomic E-state index is 13.8. The van der Waals surface area contributed by atoms with E-state index in [1.54, 1.807) is 44.3 Å². The number of piperazine rings is 1. The zero-order valence-electron chi connectivity index (χ0n) is 26.1. The summed E-state index contributed by atoms with van der Waals surface area (Å²) in [5.41, 5.74) is 1.82. The van der Waals surface area contributed by atoms with Crippen LogP contribution in [0.4, 0.5) is 0 Å². The van der Waals surface area contributed by atoms with Crippen LogP contribution in [-0.4, -0.2) is 89.0 Å². The average molecular weight is 649 g/mol. The number of aromatic nitrogens is 4. The molecule has 0 atom stereocenters. The number of fused-ring (bicyclic) bond motifs is 1. The van der Waals surface area contributed by atoms with Gasteiger partial charge in [-0.3, -0.25) is 19.1 Å². The smallest absolute Gasteiger partial charge is 0.277 e. The Morgan fingerprint density at radius 1 is 1.02 bits per heavy atom. The van der Waals surface area contributed by atoms with E-state index < -0.39 is 15.6 Å². The lowest BCUT2D eigenvalue weighted by Gasteiger charge is -2.33. The highest BCUT2D eigenvalue weighted by Crippen LogP contribution is 2.32. The first-order valence-corrected chi connectivity index (χ1v) is 16.4. The van der Waals surface area contributed by atoms with E-state index in [4.69, 9.17) is 14.5 Å². The van der Waals surface area contributed by atoms with Gasteiger partial charge >= 0.3 is 0 Å². The number of aromatic amines is 1. The van der Waals surface area contributed by atoms with Crippen LogP contribution in [0.3, 0.4) is 0 Å². The number of methoxy groups -OCH3 is 1. The molecule has 46 heavy (non-hydrogen) atoms. The van der Waals surface area contributed by atoms with Crippen LogP contribution in [-0.2, 0) is 28.3 Å². The summed E-state index contributed by atoms with van der Waals surface area (Å²) < 4.78 is 41.2. The van der Waals surface area contributed by atoms with Crippen LogP contribution >= 0.6 is 0 Å². The summed E-state index contributed by atoms with van der Waals surface area (Å²) in [7, 11) is -0.771. The summed E-state index contributed by atoms with van der Waals surface area (Å²) >= 11 is 0. The number of H-pyrrole nitrogens is 1. The van der Waals surface area contributed by atoms with Gasteiger partial charge in [-0.15, -0.1) is 0 Å². The number of sulfonamides is 1. The van der Waals surface area contributed by atoms with Crippen LogP contribution < -0.4 is 15.0 Å². The Labute approximate surface area is 266 Å². The van der Waals surface area contributed by atoms with Gasteiger partial charge in [0.25, 0.3) is 5.56 Å². The number of benzene rings is 2. The second-order valence-electron chi connectivity index (χ2n) is 10.7. The maximum absolute atomic E-state index is 13.8. The number of nitrogens with one attached hydrogen (secondary N) is 1. The highest BCUT2D eigenvalue weighted by atomic mass is 32.2. The van der Waals surface area contributed by atoms with Crippen LogP contribution in [0.5, 0.6) is 11.5 Å². The van der Waals surface area contributed by atoms with E-state index in [1.165, 1.54) is 45.3 Å². The van der Waals surface area contributed by atoms with Crippen LogP contribution in [0.25, 0.3) is 22.4 Å². The van der Waals surface area contributed by atoms with Crippen molar-refractivity contribution < 1.29 is 27.5 Å². The number of amides is 1. The largest absolute Gasteiger partial charge is 0.497 e. The minimum atomic E-state index is -3.98. The number of allylic oxidation sites excluding steroid dienone is 1. The van der Waals surface area contributed by atoms with Gasteiger partial charge in [-0.05, 0) is 61.9 Å². The first kappa shape index (κ1) is 32.6. The average Bonchev–Trinajstić information content (AvgIpc) is 3.38. The van der Waals surface area contributed by atoms with Crippen molar-refractivity contribution in [1.29, 1.82) is 0 Å². The number of hydrogen-bond acceptors (Lipinski definition) is 9. The van der Waals surface area contributed by atoms with Gasteiger partial charge in [0.2, 0.25) is 15.9 Å². The van der Waals surface area contributed by atoms with E-state index in [0.717, 1.165) is 6.42 Å². The van der Waals surface area contributed by atoms with Gasteiger partial charge in [0.05, 0.1) is 29.9 Å². The Morgan fingerprint density at radius 3 is 2.39 bits per heavy atom. The predicted molar refractivity (Wildman–Crippen MR) is 172 cm³/mol. The summed E-state index contributed by atoms with van der Waals surface area (Å²) in [6.45, 7) is 4.55. The number of carbonyl (C=O) groups excluding carboxylic acids is 2. The molecule has 1 aliphatic rings. The van der Waals surface area contributed by atoms with Gasteiger partial charge in [-0.25, -0.2) is 13.4 Å². The van der Waals surface area contributed by atoms with Gasteiger partial charge in [-0.2, -0.15) is 9.40 Å². The Bertz CT molecular complexity index is 1960. The summed E-state index contributed by atoms with van der Waals surface area (Å²) in [6, 6.07) is 11.0. The molecule has 1 fully saturated rings. The molecule has 1 aliphatic heterocycles. The minimum Gasteiger partial charge on any atom is -0.497 e. The van der Waals surface area contributed by atoms with E-state index in [2.05, 4.69) is 10.1 Å². The number of aryl methyl sites for hydroxylation is 2. The summed E-state index contributed by atoms with van der Waals surface area (Å²) in [5, 5.41) is 4.46. The molecule has 0 radical (unpaired) electrons. The summed E-state index contributed by atoms with van der Waals surface area (Å²) in [4.78, 5) is 47.3. The molecule has 4 aromatic rings.